The van der Waals surface area contributed by atoms with E-state index in [-0.39, 0.29) is 17.9 Å². The monoisotopic (exact) mass is 278 g/mol. The highest BCUT2D eigenvalue weighted by Crippen LogP contribution is 2.12. The molecule has 0 unspecified atom stereocenters. The first-order valence-corrected chi connectivity index (χ1v) is 7.92. The van der Waals surface area contributed by atoms with Crippen molar-refractivity contribution in [2.75, 3.05) is 12.0 Å². The first kappa shape index (κ1) is 13.6. The first-order chi connectivity index (χ1) is 7.65. The van der Waals surface area contributed by atoms with Crippen LogP contribution in [0.3, 0.4) is 0 Å². The van der Waals surface area contributed by atoms with Crippen molar-refractivity contribution in [1.29, 1.82) is 5.26 Å². The van der Waals surface area contributed by atoms with Gasteiger partial charge in [0, 0.05) is 6.26 Å². The van der Waals surface area contributed by atoms with Crippen molar-refractivity contribution in [1.82, 2.24) is 9.78 Å². The molecule has 0 aliphatic heterocycles. The molecular formula is C7H10N4O4S2. The second-order valence-electron chi connectivity index (χ2n) is 3.37. The Labute approximate surface area is 98.6 Å². The van der Waals surface area contributed by atoms with Gasteiger partial charge in [-0.15, -0.1) is 0 Å². The zero-order chi connectivity index (χ0) is 13.3. The van der Waals surface area contributed by atoms with E-state index >= 15 is 0 Å². The number of sulfone groups is 1. The smallest absolute Gasteiger partial charge is 0.251 e. The second-order valence-corrected chi connectivity index (χ2v) is 7.11. The van der Waals surface area contributed by atoms with E-state index in [9.17, 15) is 16.8 Å². The maximum absolute atomic E-state index is 11.2. The maximum Gasteiger partial charge on any atom is 0.256 e. The third-order valence-electron chi connectivity index (χ3n) is 1.85. The standard InChI is InChI=1S/C7H10N4O4S2/c1-16(12,13)3-2-11-7(17(9,14)15)6(4-8)5-10-11/h5H,2-3H2,1H3,(H2,9,14,15). The predicted molar refractivity (Wildman–Crippen MR) is 58.0 cm³/mol. The van der Waals surface area contributed by atoms with Gasteiger partial charge < -0.3 is 0 Å². The highest BCUT2D eigenvalue weighted by Gasteiger charge is 2.21. The van der Waals surface area contributed by atoms with E-state index in [1.807, 2.05) is 0 Å². The van der Waals surface area contributed by atoms with Crippen molar-refractivity contribution in [3.8, 4) is 6.07 Å². The molecular weight excluding hydrogens is 268 g/mol. The van der Waals surface area contributed by atoms with Crippen LogP contribution >= 0.6 is 0 Å². The Kier molecular flexibility index (Phi) is 3.56. The van der Waals surface area contributed by atoms with Gasteiger partial charge in [-0.25, -0.2) is 22.0 Å². The molecule has 0 radical (unpaired) electrons. The van der Waals surface area contributed by atoms with Crippen LogP contribution in [0.2, 0.25) is 0 Å². The molecule has 2 N–H and O–H groups in total. The average Bonchev–Trinajstić information content (AvgIpc) is 2.55. The molecule has 0 atom stereocenters. The molecule has 0 fully saturated rings. The maximum atomic E-state index is 11.2. The van der Waals surface area contributed by atoms with E-state index < -0.39 is 24.9 Å². The summed E-state index contributed by atoms with van der Waals surface area (Å²) in [5, 5.41) is 16.8. The van der Waals surface area contributed by atoms with Gasteiger partial charge >= 0.3 is 0 Å². The molecule has 0 saturated carbocycles. The van der Waals surface area contributed by atoms with E-state index in [1.165, 1.54) is 0 Å². The lowest BCUT2D eigenvalue weighted by molar-refractivity contribution is 0.546. The Bertz CT molecular complexity index is 665. The highest BCUT2D eigenvalue weighted by molar-refractivity contribution is 7.90. The van der Waals surface area contributed by atoms with Gasteiger partial charge in [-0.3, -0.25) is 4.68 Å². The lowest BCUT2D eigenvalue weighted by Crippen LogP contribution is -2.21. The number of aromatic nitrogens is 2. The zero-order valence-electron chi connectivity index (χ0n) is 8.86. The van der Waals surface area contributed by atoms with Crippen LogP contribution < -0.4 is 5.14 Å². The van der Waals surface area contributed by atoms with Crippen molar-refractivity contribution in [3.05, 3.63) is 11.8 Å². The van der Waals surface area contributed by atoms with Crippen LogP contribution in [0.4, 0.5) is 0 Å². The first-order valence-electron chi connectivity index (χ1n) is 4.31. The molecule has 8 nitrogen and oxygen atoms in total. The van der Waals surface area contributed by atoms with Gasteiger partial charge in [-0.1, -0.05) is 0 Å². The van der Waals surface area contributed by atoms with Crippen LogP contribution in [0.25, 0.3) is 0 Å². The summed E-state index contributed by atoms with van der Waals surface area (Å²) in [6, 6.07) is 1.63. The number of nitrogens with two attached hydrogens (primary N) is 1. The van der Waals surface area contributed by atoms with E-state index in [4.69, 9.17) is 10.4 Å². The van der Waals surface area contributed by atoms with Gasteiger partial charge in [0.2, 0.25) is 0 Å². The van der Waals surface area contributed by atoms with E-state index in [2.05, 4.69) is 5.10 Å². The van der Waals surface area contributed by atoms with Gasteiger partial charge in [0.1, 0.15) is 21.5 Å². The number of nitriles is 1. The fraction of sp³-hybridized carbons (Fsp3) is 0.429. The summed E-state index contributed by atoms with van der Waals surface area (Å²) in [6.45, 7) is -0.174. The number of hydrogen-bond acceptors (Lipinski definition) is 6. The molecule has 0 bridgehead atoms. The Morgan fingerprint density at radius 2 is 2.06 bits per heavy atom. The van der Waals surface area contributed by atoms with Crippen LogP contribution in [-0.2, 0) is 26.4 Å². The van der Waals surface area contributed by atoms with Gasteiger partial charge in [0.15, 0.2) is 5.03 Å². The summed E-state index contributed by atoms with van der Waals surface area (Å²) in [5.41, 5.74) is -0.207. The third-order valence-corrected chi connectivity index (χ3v) is 3.75. The number of nitrogens with zero attached hydrogens (tertiary/aromatic N) is 3. The fourth-order valence-corrected chi connectivity index (χ4v) is 2.50. The summed E-state index contributed by atoms with van der Waals surface area (Å²) in [5.74, 6) is -0.290. The van der Waals surface area contributed by atoms with Crippen molar-refractivity contribution in [2.24, 2.45) is 5.14 Å². The molecule has 10 heteroatoms. The quantitative estimate of drug-likeness (QED) is 0.707. The van der Waals surface area contributed by atoms with Crippen molar-refractivity contribution in [3.63, 3.8) is 0 Å². The Hall–Kier alpha value is -1.44. The number of sulfonamides is 1. The largest absolute Gasteiger partial charge is 0.256 e. The van der Waals surface area contributed by atoms with Crippen LogP contribution in [0.1, 0.15) is 5.56 Å². The summed E-state index contributed by atoms with van der Waals surface area (Å²) >= 11 is 0. The van der Waals surface area contributed by atoms with Crippen LogP contribution in [0.15, 0.2) is 11.2 Å². The molecule has 1 rings (SSSR count). The molecule has 0 spiro atoms. The number of primary sulfonamides is 1. The minimum Gasteiger partial charge on any atom is -0.251 e. The lowest BCUT2D eigenvalue weighted by Gasteiger charge is -2.04. The topological polar surface area (TPSA) is 136 Å². The number of aryl methyl sites for hydroxylation is 1. The van der Waals surface area contributed by atoms with Crippen molar-refractivity contribution >= 4 is 19.9 Å². The van der Waals surface area contributed by atoms with Gasteiger partial charge in [-0.2, -0.15) is 10.4 Å². The van der Waals surface area contributed by atoms with E-state index in [0.717, 1.165) is 17.1 Å². The molecule has 17 heavy (non-hydrogen) atoms. The Morgan fingerprint density at radius 3 is 2.47 bits per heavy atom. The van der Waals surface area contributed by atoms with Crippen LogP contribution in [0.5, 0.6) is 0 Å². The summed E-state index contributed by atoms with van der Waals surface area (Å²) < 4.78 is 45.3. The van der Waals surface area contributed by atoms with Gasteiger partial charge in [-0.05, 0) is 0 Å². The normalized spacial score (nSPS) is 12.3. The molecule has 0 amide bonds. The van der Waals surface area contributed by atoms with Gasteiger partial charge in [0.25, 0.3) is 10.0 Å². The molecule has 1 aromatic rings. The fourth-order valence-electron chi connectivity index (χ4n) is 1.16. The van der Waals surface area contributed by atoms with E-state index in [0.29, 0.717) is 0 Å². The number of hydrogen-bond donors (Lipinski definition) is 1. The van der Waals surface area contributed by atoms with Crippen LogP contribution in [-0.4, -0.2) is 38.6 Å². The Morgan fingerprint density at radius 1 is 1.47 bits per heavy atom. The van der Waals surface area contributed by atoms with Gasteiger partial charge in [0.05, 0.1) is 18.5 Å². The SMILES string of the molecule is CS(=O)(=O)CCn1ncc(C#N)c1S(N)(=O)=O. The molecule has 0 aromatic carbocycles. The van der Waals surface area contributed by atoms with Crippen molar-refractivity contribution < 1.29 is 16.8 Å². The Balaban J connectivity index is 3.20. The zero-order valence-corrected chi connectivity index (χ0v) is 10.5. The number of rotatable bonds is 4. The summed E-state index contributed by atoms with van der Waals surface area (Å²) in [4.78, 5) is 0. The summed E-state index contributed by atoms with van der Waals surface area (Å²) in [6.07, 6.45) is 2.04. The van der Waals surface area contributed by atoms with Crippen LogP contribution in [0, 0.1) is 11.3 Å². The van der Waals surface area contributed by atoms with E-state index in [1.54, 1.807) is 6.07 Å². The molecule has 0 saturated heterocycles. The molecule has 0 aliphatic rings. The molecule has 0 aliphatic carbocycles. The third kappa shape index (κ3) is 3.52. The van der Waals surface area contributed by atoms with Crippen molar-refractivity contribution in [2.45, 2.75) is 11.6 Å². The molecule has 94 valence electrons. The second kappa shape index (κ2) is 4.44. The average molecular weight is 278 g/mol. The molecule has 1 heterocycles. The lowest BCUT2D eigenvalue weighted by atomic mass is 10.4. The minimum atomic E-state index is -4.12. The highest BCUT2D eigenvalue weighted by atomic mass is 32.2. The molecule has 1 aromatic heterocycles. The summed E-state index contributed by atoms with van der Waals surface area (Å²) in [7, 11) is -7.38. The minimum absolute atomic E-state index is 0.174. The predicted octanol–water partition coefficient (Wildman–Crippen LogP) is -1.55.